The number of ether oxygens (including phenoxy) is 1. The molecule has 0 atom stereocenters. The van der Waals surface area contributed by atoms with Crippen molar-refractivity contribution in [3.8, 4) is 11.5 Å². The fraction of sp³-hybridized carbons (Fsp3) is 0.455. The molecule has 0 unspecified atom stereocenters. The molecule has 0 saturated heterocycles. The summed E-state index contributed by atoms with van der Waals surface area (Å²) < 4.78 is 5.46. The number of halogens is 1. The van der Waals surface area contributed by atoms with Gasteiger partial charge in [0, 0.05) is 0 Å². The molecule has 1 N–H and O–H groups in total. The number of aromatic hydroxyl groups is 1. The molecule has 1 saturated carbocycles. The van der Waals surface area contributed by atoms with Gasteiger partial charge in [0.05, 0.1) is 11.6 Å². The molecule has 0 aliphatic heterocycles. The van der Waals surface area contributed by atoms with E-state index >= 15 is 0 Å². The van der Waals surface area contributed by atoms with Gasteiger partial charge < -0.3 is 9.84 Å². The van der Waals surface area contributed by atoms with Crippen LogP contribution in [-0.4, -0.2) is 11.7 Å². The molecule has 0 aromatic heterocycles. The zero-order valence-electron chi connectivity index (χ0n) is 8.09. The Kier molecular flexibility index (Phi) is 2.55. The Morgan fingerprint density at radius 3 is 2.79 bits per heavy atom. The maximum Gasteiger partial charge on any atom is 0.179 e. The van der Waals surface area contributed by atoms with E-state index in [-0.39, 0.29) is 5.75 Å². The minimum absolute atomic E-state index is 0.135. The Labute approximate surface area is 88.5 Å². The second-order valence-corrected chi connectivity index (χ2v) is 4.26. The van der Waals surface area contributed by atoms with Crippen molar-refractivity contribution in [2.24, 2.45) is 5.92 Å². The fourth-order valence-electron chi connectivity index (χ4n) is 1.34. The molecule has 1 fully saturated rings. The molecule has 14 heavy (non-hydrogen) atoms. The van der Waals surface area contributed by atoms with E-state index in [0.717, 1.165) is 5.56 Å². The quantitative estimate of drug-likeness (QED) is 0.834. The summed E-state index contributed by atoms with van der Waals surface area (Å²) in [5.74, 6) is 1.21. The van der Waals surface area contributed by atoms with Gasteiger partial charge in [-0.05, 0) is 43.4 Å². The SMILES string of the molecule is Cc1cc(O)c(OCC2CC2)c(Cl)c1. The van der Waals surface area contributed by atoms with Crippen LogP contribution in [0.25, 0.3) is 0 Å². The van der Waals surface area contributed by atoms with Gasteiger partial charge in [-0.25, -0.2) is 0 Å². The molecule has 0 heterocycles. The van der Waals surface area contributed by atoms with E-state index in [9.17, 15) is 5.11 Å². The highest BCUT2D eigenvalue weighted by Crippen LogP contribution is 2.37. The van der Waals surface area contributed by atoms with Crippen LogP contribution in [0.3, 0.4) is 0 Å². The second kappa shape index (κ2) is 3.70. The van der Waals surface area contributed by atoms with Crippen molar-refractivity contribution in [2.75, 3.05) is 6.61 Å². The molecule has 2 nitrogen and oxygen atoms in total. The molecular weight excluding hydrogens is 200 g/mol. The van der Waals surface area contributed by atoms with Gasteiger partial charge in [-0.2, -0.15) is 0 Å². The van der Waals surface area contributed by atoms with Gasteiger partial charge in [0.25, 0.3) is 0 Å². The normalized spacial score (nSPS) is 15.6. The predicted molar refractivity (Wildman–Crippen MR) is 56.1 cm³/mol. The van der Waals surface area contributed by atoms with E-state index in [1.165, 1.54) is 12.8 Å². The largest absolute Gasteiger partial charge is 0.504 e. The first-order valence-electron chi connectivity index (χ1n) is 4.78. The van der Waals surface area contributed by atoms with Crippen LogP contribution >= 0.6 is 11.6 Å². The predicted octanol–water partition coefficient (Wildman–Crippen LogP) is 3.14. The maximum atomic E-state index is 9.60. The highest BCUT2D eigenvalue weighted by atomic mass is 35.5. The number of hydrogen-bond acceptors (Lipinski definition) is 2. The zero-order chi connectivity index (χ0) is 10.1. The van der Waals surface area contributed by atoms with Gasteiger partial charge in [0.15, 0.2) is 11.5 Å². The van der Waals surface area contributed by atoms with E-state index in [1.54, 1.807) is 12.1 Å². The smallest absolute Gasteiger partial charge is 0.179 e. The standard InChI is InChI=1S/C11H13ClO2/c1-7-4-9(12)11(10(13)5-7)14-6-8-2-3-8/h4-5,8,13H,2-3,6H2,1H3. The Balaban J connectivity index is 2.13. The minimum atomic E-state index is 0.135. The molecule has 1 aliphatic rings. The highest BCUT2D eigenvalue weighted by Gasteiger charge is 2.23. The summed E-state index contributed by atoms with van der Waals surface area (Å²) in [5.41, 5.74) is 0.936. The lowest BCUT2D eigenvalue weighted by Gasteiger charge is -2.09. The molecule has 1 aromatic rings. The van der Waals surface area contributed by atoms with E-state index in [4.69, 9.17) is 16.3 Å². The van der Waals surface area contributed by atoms with Crippen LogP contribution in [0.15, 0.2) is 12.1 Å². The van der Waals surface area contributed by atoms with E-state index in [2.05, 4.69) is 0 Å². The third-order valence-corrected chi connectivity index (χ3v) is 2.61. The molecule has 0 radical (unpaired) electrons. The van der Waals surface area contributed by atoms with Crippen LogP contribution in [0, 0.1) is 12.8 Å². The van der Waals surface area contributed by atoms with Crippen LogP contribution < -0.4 is 4.74 Å². The third kappa shape index (κ3) is 2.13. The summed E-state index contributed by atoms with van der Waals surface area (Å²) in [6.07, 6.45) is 2.45. The van der Waals surface area contributed by atoms with Gasteiger partial charge in [-0.1, -0.05) is 11.6 Å². The van der Waals surface area contributed by atoms with Gasteiger partial charge in [0.2, 0.25) is 0 Å². The van der Waals surface area contributed by atoms with Crippen LogP contribution in [0.5, 0.6) is 11.5 Å². The lowest BCUT2D eigenvalue weighted by Crippen LogP contribution is -1.99. The van der Waals surface area contributed by atoms with Crippen molar-refractivity contribution in [2.45, 2.75) is 19.8 Å². The van der Waals surface area contributed by atoms with E-state index in [0.29, 0.717) is 23.3 Å². The molecule has 3 heteroatoms. The van der Waals surface area contributed by atoms with Crippen molar-refractivity contribution in [1.29, 1.82) is 0 Å². The Hall–Kier alpha value is -0.890. The van der Waals surface area contributed by atoms with Crippen LogP contribution in [-0.2, 0) is 0 Å². The number of aryl methyl sites for hydroxylation is 1. The summed E-state index contributed by atoms with van der Waals surface area (Å²) in [5, 5.41) is 10.1. The lowest BCUT2D eigenvalue weighted by atomic mass is 10.2. The van der Waals surface area contributed by atoms with Crippen molar-refractivity contribution in [3.05, 3.63) is 22.7 Å². The van der Waals surface area contributed by atoms with Gasteiger partial charge >= 0.3 is 0 Å². The summed E-state index contributed by atoms with van der Waals surface area (Å²) in [6, 6.07) is 3.46. The number of rotatable bonds is 3. The molecule has 0 amide bonds. The zero-order valence-corrected chi connectivity index (χ0v) is 8.84. The molecule has 1 aliphatic carbocycles. The van der Waals surface area contributed by atoms with Crippen molar-refractivity contribution in [1.82, 2.24) is 0 Å². The lowest BCUT2D eigenvalue weighted by molar-refractivity contribution is 0.284. The average Bonchev–Trinajstić information content (AvgIpc) is 2.85. The molecule has 2 rings (SSSR count). The fourth-order valence-corrected chi connectivity index (χ4v) is 1.66. The Morgan fingerprint density at radius 1 is 1.50 bits per heavy atom. The Bertz CT molecular complexity index is 322. The maximum absolute atomic E-state index is 9.60. The highest BCUT2D eigenvalue weighted by molar-refractivity contribution is 6.32. The molecule has 0 bridgehead atoms. The van der Waals surface area contributed by atoms with Gasteiger partial charge in [0.1, 0.15) is 0 Å². The van der Waals surface area contributed by atoms with Crippen molar-refractivity contribution >= 4 is 11.6 Å². The van der Waals surface area contributed by atoms with Crippen LogP contribution in [0.2, 0.25) is 5.02 Å². The summed E-state index contributed by atoms with van der Waals surface area (Å²) in [7, 11) is 0. The number of phenols is 1. The first-order chi connectivity index (χ1) is 6.66. The number of hydrogen-bond donors (Lipinski definition) is 1. The van der Waals surface area contributed by atoms with Crippen LogP contribution in [0.1, 0.15) is 18.4 Å². The monoisotopic (exact) mass is 212 g/mol. The first kappa shape index (κ1) is 9.66. The minimum Gasteiger partial charge on any atom is -0.504 e. The van der Waals surface area contributed by atoms with Crippen LogP contribution in [0.4, 0.5) is 0 Å². The average molecular weight is 213 g/mol. The number of phenolic OH excluding ortho intramolecular Hbond substituents is 1. The van der Waals surface area contributed by atoms with Crippen molar-refractivity contribution in [3.63, 3.8) is 0 Å². The second-order valence-electron chi connectivity index (χ2n) is 3.85. The van der Waals surface area contributed by atoms with Crippen molar-refractivity contribution < 1.29 is 9.84 Å². The topological polar surface area (TPSA) is 29.5 Å². The van der Waals surface area contributed by atoms with Gasteiger partial charge in [-0.15, -0.1) is 0 Å². The summed E-state index contributed by atoms with van der Waals surface area (Å²) in [6.45, 7) is 2.55. The molecular formula is C11H13ClO2. The van der Waals surface area contributed by atoms with E-state index < -0.39 is 0 Å². The number of benzene rings is 1. The summed E-state index contributed by atoms with van der Waals surface area (Å²) >= 11 is 5.95. The van der Waals surface area contributed by atoms with Gasteiger partial charge in [-0.3, -0.25) is 0 Å². The molecule has 76 valence electrons. The molecule has 0 spiro atoms. The summed E-state index contributed by atoms with van der Waals surface area (Å²) in [4.78, 5) is 0. The Morgan fingerprint density at radius 2 is 2.21 bits per heavy atom. The van der Waals surface area contributed by atoms with E-state index in [1.807, 2.05) is 6.92 Å². The molecule has 1 aromatic carbocycles. The third-order valence-electron chi connectivity index (χ3n) is 2.33. The first-order valence-corrected chi connectivity index (χ1v) is 5.16.